The minimum Gasteiger partial charge on any atom is -0.369 e. The van der Waals surface area contributed by atoms with Crippen molar-refractivity contribution in [2.75, 3.05) is 18.0 Å². The summed E-state index contributed by atoms with van der Waals surface area (Å²) in [5, 5.41) is 3.11. The Kier molecular flexibility index (Phi) is 5.72. The van der Waals surface area contributed by atoms with Crippen LogP contribution in [0, 0.1) is 17.8 Å². The number of carbonyl (C=O) groups is 1. The summed E-state index contributed by atoms with van der Waals surface area (Å²) >= 11 is 1.65. The summed E-state index contributed by atoms with van der Waals surface area (Å²) in [6, 6.07) is 8.24. The zero-order chi connectivity index (χ0) is 17.6. The van der Waals surface area contributed by atoms with Gasteiger partial charge in [0, 0.05) is 41.9 Å². The molecule has 2 N–H and O–H groups in total. The maximum Gasteiger partial charge on any atom is 0.220 e. The molecule has 2 heterocycles. The first-order valence-electron chi connectivity index (χ1n) is 8.76. The third-order valence-corrected chi connectivity index (χ3v) is 5.33. The molecule has 1 aliphatic heterocycles. The second-order valence-corrected chi connectivity index (χ2v) is 7.15. The van der Waals surface area contributed by atoms with Crippen LogP contribution in [0.3, 0.4) is 0 Å². The van der Waals surface area contributed by atoms with Gasteiger partial charge in [-0.3, -0.25) is 4.79 Å². The molecule has 0 atom stereocenters. The van der Waals surface area contributed by atoms with E-state index in [9.17, 15) is 4.79 Å². The van der Waals surface area contributed by atoms with Gasteiger partial charge in [0.2, 0.25) is 5.91 Å². The Morgan fingerprint density at radius 1 is 1.40 bits per heavy atom. The molecule has 1 aromatic heterocycles. The van der Waals surface area contributed by atoms with Gasteiger partial charge >= 0.3 is 0 Å². The molecule has 0 saturated carbocycles. The zero-order valence-corrected chi connectivity index (χ0v) is 15.3. The van der Waals surface area contributed by atoms with Gasteiger partial charge in [-0.1, -0.05) is 30.9 Å². The highest BCUT2D eigenvalue weighted by molar-refractivity contribution is 7.14. The van der Waals surface area contributed by atoms with Crippen LogP contribution in [0.1, 0.15) is 38.2 Å². The van der Waals surface area contributed by atoms with Crippen LogP contribution < -0.4 is 10.6 Å². The summed E-state index contributed by atoms with van der Waals surface area (Å²) < 4.78 is 0. The molecule has 1 aromatic carbocycles. The fraction of sp³-hybridized carbons (Fsp3) is 0.400. The van der Waals surface area contributed by atoms with Crippen molar-refractivity contribution in [3.63, 3.8) is 0 Å². The summed E-state index contributed by atoms with van der Waals surface area (Å²) in [5.41, 5.74) is 8.52. The van der Waals surface area contributed by atoms with Crippen LogP contribution in [0.4, 0.5) is 5.13 Å². The maximum atomic E-state index is 11.3. The lowest BCUT2D eigenvalue weighted by Crippen LogP contribution is -2.38. The SMILES string of the molecule is CCCC#Cc1cccc(-c2csc(N3CCC(C(N)=O)CC3)n2)c1. The molecule has 0 aliphatic carbocycles. The number of anilines is 1. The van der Waals surface area contributed by atoms with Crippen LogP contribution in [0.25, 0.3) is 11.3 Å². The van der Waals surface area contributed by atoms with Gasteiger partial charge in [-0.2, -0.15) is 0 Å². The second-order valence-electron chi connectivity index (χ2n) is 6.31. The summed E-state index contributed by atoms with van der Waals surface area (Å²) in [6.45, 7) is 3.81. The van der Waals surface area contributed by atoms with E-state index in [2.05, 4.69) is 41.2 Å². The number of hydrogen-bond donors (Lipinski definition) is 1. The van der Waals surface area contributed by atoms with Crippen LogP contribution in [-0.4, -0.2) is 24.0 Å². The Bertz CT molecular complexity index is 795. The Balaban J connectivity index is 1.71. The second kappa shape index (κ2) is 8.17. The van der Waals surface area contributed by atoms with Gasteiger partial charge in [0.1, 0.15) is 0 Å². The number of nitrogens with two attached hydrogens (primary N) is 1. The number of nitrogens with zero attached hydrogens (tertiary/aromatic N) is 2. The molecule has 0 unspecified atom stereocenters. The minimum atomic E-state index is -0.180. The molecule has 25 heavy (non-hydrogen) atoms. The minimum absolute atomic E-state index is 0.00839. The largest absolute Gasteiger partial charge is 0.369 e. The first-order valence-corrected chi connectivity index (χ1v) is 9.64. The molecule has 1 saturated heterocycles. The standard InChI is InChI=1S/C20H23N3OS/c1-2-3-4-6-15-7-5-8-17(13-15)18-14-25-20(22-18)23-11-9-16(10-12-23)19(21)24/h5,7-8,13-14,16H,2-3,9-12H2,1H3,(H2,21,24). The highest BCUT2D eigenvalue weighted by Gasteiger charge is 2.24. The summed E-state index contributed by atoms with van der Waals surface area (Å²) in [7, 11) is 0. The molecule has 2 aromatic rings. The quantitative estimate of drug-likeness (QED) is 0.853. The van der Waals surface area contributed by atoms with Gasteiger partial charge in [-0.15, -0.1) is 11.3 Å². The lowest BCUT2D eigenvalue weighted by molar-refractivity contribution is -0.122. The van der Waals surface area contributed by atoms with E-state index in [4.69, 9.17) is 10.7 Å². The normalized spacial score (nSPS) is 14.8. The third-order valence-electron chi connectivity index (χ3n) is 4.43. The van der Waals surface area contributed by atoms with E-state index in [0.717, 1.165) is 60.7 Å². The van der Waals surface area contributed by atoms with Gasteiger partial charge in [0.25, 0.3) is 0 Å². The Morgan fingerprint density at radius 2 is 2.20 bits per heavy atom. The fourth-order valence-corrected chi connectivity index (χ4v) is 3.83. The number of hydrogen-bond acceptors (Lipinski definition) is 4. The average Bonchev–Trinajstić information content (AvgIpc) is 3.12. The fourth-order valence-electron chi connectivity index (χ4n) is 2.94. The van der Waals surface area contributed by atoms with Crippen molar-refractivity contribution in [2.45, 2.75) is 32.6 Å². The van der Waals surface area contributed by atoms with Crippen molar-refractivity contribution in [3.8, 4) is 23.1 Å². The summed E-state index contributed by atoms with van der Waals surface area (Å²) in [6.07, 6.45) is 3.63. The van der Waals surface area contributed by atoms with Crippen LogP contribution in [-0.2, 0) is 4.79 Å². The Labute approximate surface area is 153 Å². The van der Waals surface area contributed by atoms with Crippen molar-refractivity contribution >= 4 is 22.4 Å². The van der Waals surface area contributed by atoms with Gasteiger partial charge in [0.15, 0.2) is 5.13 Å². The molecule has 0 spiro atoms. The number of carbonyl (C=O) groups excluding carboxylic acids is 1. The number of unbranched alkanes of at least 4 members (excludes halogenated alkanes) is 1. The van der Waals surface area contributed by atoms with E-state index in [-0.39, 0.29) is 11.8 Å². The lowest BCUT2D eigenvalue weighted by Gasteiger charge is -2.30. The number of primary amides is 1. The molecular weight excluding hydrogens is 330 g/mol. The van der Waals surface area contributed by atoms with Gasteiger partial charge in [0.05, 0.1) is 5.69 Å². The predicted molar refractivity (Wildman–Crippen MR) is 103 cm³/mol. The van der Waals surface area contributed by atoms with E-state index in [0.29, 0.717) is 0 Å². The molecule has 4 nitrogen and oxygen atoms in total. The number of benzene rings is 1. The summed E-state index contributed by atoms with van der Waals surface area (Å²) in [4.78, 5) is 18.3. The topological polar surface area (TPSA) is 59.2 Å². The first kappa shape index (κ1) is 17.5. The molecule has 1 fully saturated rings. The van der Waals surface area contributed by atoms with Crippen molar-refractivity contribution in [2.24, 2.45) is 11.7 Å². The van der Waals surface area contributed by atoms with Gasteiger partial charge in [-0.05, 0) is 31.4 Å². The van der Waals surface area contributed by atoms with E-state index >= 15 is 0 Å². The molecule has 1 aliphatic rings. The smallest absolute Gasteiger partial charge is 0.220 e. The van der Waals surface area contributed by atoms with Crippen LogP contribution >= 0.6 is 11.3 Å². The molecule has 0 bridgehead atoms. The van der Waals surface area contributed by atoms with E-state index < -0.39 is 0 Å². The number of rotatable bonds is 4. The number of amides is 1. The molecule has 3 rings (SSSR count). The maximum absolute atomic E-state index is 11.3. The van der Waals surface area contributed by atoms with Crippen molar-refractivity contribution in [1.82, 2.24) is 4.98 Å². The number of piperidine rings is 1. The number of aromatic nitrogens is 1. The van der Waals surface area contributed by atoms with E-state index in [1.165, 1.54) is 0 Å². The highest BCUT2D eigenvalue weighted by atomic mass is 32.1. The Morgan fingerprint density at radius 3 is 2.92 bits per heavy atom. The van der Waals surface area contributed by atoms with Crippen molar-refractivity contribution < 1.29 is 4.79 Å². The van der Waals surface area contributed by atoms with Crippen molar-refractivity contribution in [1.29, 1.82) is 0 Å². The van der Waals surface area contributed by atoms with Gasteiger partial charge < -0.3 is 10.6 Å². The predicted octanol–water partition coefficient (Wildman–Crippen LogP) is 3.66. The van der Waals surface area contributed by atoms with E-state index in [1.807, 2.05) is 12.1 Å². The third kappa shape index (κ3) is 4.40. The summed E-state index contributed by atoms with van der Waals surface area (Å²) in [5.74, 6) is 6.23. The van der Waals surface area contributed by atoms with E-state index in [1.54, 1.807) is 11.3 Å². The lowest BCUT2D eigenvalue weighted by atomic mass is 9.97. The number of thiazole rings is 1. The van der Waals surface area contributed by atoms with Crippen LogP contribution in [0.2, 0.25) is 0 Å². The van der Waals surface area contributed by atoms with Crippen molar-refractivity contribution in [3.05, 3.63) is 35.2 Å². The monoisotopic (exact) mass is 353 g/mol. The highest BCUT2D eigenvalue weighted by Crippen LogP contribution is 2.30. The molecule has 5 heteroatoms. The van der Waals surface area contributed by atoms with Crippen LogP contribution in [0.15, 0.2) is 29.6 Å². The molecular formula is C20H23N3OS. The first-order chi connectivity index (χ1) is 12.2. The van der Waals surface area contributed by atoms with Gasteiger partial charge in [-0.25, -0.2) is 4.98 Å². The average molecular weight is 353 g/mol. The molecule has 0 radical (unpaired) electrons. The molecule has 130 valence electrons. The molecule has 1 amide bonds. The Hall–Kier alpha value is -2.32. The zero-order valence-electron chi connectivity index (χ0n) is 14.5. The van der Waals surface area contributed by atoms with Crippen LogP contribution in [0.5, 0.6) is 0 Å².